The Balaban J connectivity index is 2.37. The fraction of sp³-hybridized carbons (Fsp3) is 0.429. The first kappa shape index (κ1) is 18.2. The molecule has 0 radical (unpaired) electrons. The number of alkyl halides is 2. The molecule has 122 valence electrons. The molecule has 22 heavy (non-hydrogen) atoms. The number of nitrogens with one attached hydrogen (secondary N) is 2. The summed E-state index contributed by atoms with van der Waals surface area (Å²) in [4.78, 5) is 0. The van der Waals surface area contributed by atoms with Crippen molar-refractivity contribution >= 4 is 23.5 Å². The lowest BCUT2D eigenvalue weighted by Crippen LogP contribution is -2.33. The van der Waals surface area contributed by atoms with Crippen molar-refractivity contribution in [3.05, 3.63) is 29.8 Å². The minimum Gasteiger partial charge on any atom is -0.434 e. The molecule has 1 rings (SSSR count). The van der Waals surface area contributed by atoms with Crippen molar-refractivity contribution in [1.29, 1.82) is 0 Å². The van der Waals surface area contributed by atoms with Crippen LogP contribution in [0.5, 0.6) is 5.75 Å². The topological polar surface area (TPSA) is 54.9 Å². The molecule has 1 aromatic carbocycles. The van der Waals surface area contributed by atoms with Crippen molar-refractivity contribution in [2.75, 3.05) is 19.8 Å². The predicted octanol–water partition coefficient (Wildman–Crippen LogP) is 2.51. The van der Waals surface area contributed by atoms with Gasteiger partial charge < -0.3 is 14.8 Å². The van der Waals surface area contributed by atoms with Gasteiger partial charge in [-0.25, -0.2) is 0 Å². The average molecular weight is 331 g/mol. The Bertz CT molecular complexity index is 487. The van der Waals surface area contributed by atoms with E-state index in [1.54, 1.807) is 18.2 Å². The van der Waals surface area contributed by atoms with Crippen LogP contribution in [0, 0.1) is 0 Å². The van der Waals surface area contributed by atoms with Crippen LogP contribution in [0.2, 0.25) is 0 Å². The molecule has 0 aliphatic heterocycles. The van der Waals surface area contributed by atoms with Crippen molar-refractivity contribution in [1.82, 2.24) is 10.7 Å². The number of hydrogen-bond acceptors (Lipinski definition) is 4. The Kier molecular flexibility index (Phi) is 9.01. The normalized spacial score (nSPS) is 10.9. The molecule has 0 saturated carbocycles. The Morgan fingerprint density at radius 3 is 2.91 bits per heavy atom. The standard InChI is InChI=1S/C14H19F2N3O2S/c1-2-20-9-5-8-17-14(22)19-18-10-11-6-3-4-7-12(11)21-13(15)16/h3-4,6-7,10,13H,2,5,8-9H2,1H3,(H2,17,19,22)/b18-10-. The summed E-state index contributed by atoms with van der Waals surface area (Å²) in [6.07, 6.45) is 2.19. The predicted molar refractivity (Wildman–Crippen MR) is 85.5 cm³/mol. The minimum atomic E-state index is -2.88. The van der Waals surface area contributed by atoms with Gasteiger partial charge in [0.15, 0.2) is 5.11 Å². The zero-order chi connectivity index (χ0) is 16.2. The summed E-state index contributed by atoms with van der Waals surface area (Å²) < 4.78 is 34.1. The summed E-state index contributed by atoms with van der Waals surface area (Å²) in [5.41, 5.74) is 3.03. The second kappa shape index (κ2) is 10.9. The second-order valence-corrected chi connectivity index (χ2v) is 4.50. The quantitative estimate of drug-likeness (QED) is 0.315. The number of hydrogen-bond donors (Lipinski definition) is 2. The summed E-state index contributed by atoms with van der Waals surface area (Å²) in [7, 11) is 0. The van der Waals surface area contributed by atoms with Crippen molar-refractivity contribution in [3.63, 3.8) is 0 Å². The van der Waals surface area contributed by atoms with Crippen molar-refractivity contribution < 1.29 is 18.3 Å². The molecule has 0 atom stereocenters. The van der Waals surface area contributed by atoms with Crippen molar-refractivity contribution in [3.8, 4) is 5.75 Å². The Morgan fingerprint density at radius 1 is 1.41 bits per heavy atom. The fourth-order valence-electron chi connectivity index (χ4n) is 1.51. The first-order chi connectivity index (χ1) is 10.6. The number of nitrogens with zero attached hydrogens (tertiary/aromatic N) is 1. The van der Waals surface area contributed by atoms with Crippen LogP contribution in [0.4, 0.5) is 8.78 Å². The lowest BCUT2D eigenvalue weighted by Gasteiger charge is -2.08. The third-order valence-electron chi connectivity index (χ3n) is 2.46. The van der Waals surface area contributed by atoms with Crippen LogP contribution in [0.15, 0.2) is 29.4 Å². The van der Waals surface area contributed by atoms with E-state index in [-0.39, 0.29) is 5.75 Å². The maximum absolute atomic E-state index is 12.3. The minimum absolute atomic E-state index is 0.0543. The number of benzene rings is 1. The molecule has 1 aromatic rings. The zero-order valence-electron chi connectivity index (χ0n) is 12.2. The number of rotatable bonds is 9. The largest absolute Gasteiger partial charge is 0.434 e. The lowest BCUT2D eigenvalue weighted by atomic mass is 10.2. The number of hydrazone groups is 1. The molecular weight excluding hydrogens is 312 g/mol. The van der Waals surface area contributed by atoms with Crippen LogP contribution in [0.3, 0.4) is 0 Å². The highest BCUT2D eigenvalue weighted by Crippen LogP contribution is 2.18. The zero-order valence-corrected chi connectivity index (χ0v) is 13.0. The maximum Gasteiger partial charge on any atom is 0.387 e. The van der Waals surface area contributed by atoms with Gasteiger partial charge in [0.05, 0.1) is 6.21 Å². The van der Waals surface area contributed by atoms with Gasteiger partial charge in [-0.3, -0.25) is 5.43 Å². The van der Waals surface area contributed by atoms with Gasteiger partial charge in [0.2, 0.25) is 0 Å². The molecule has 0 aromatic heterocycles. The molecule has 0 unspecified atom stereocenters. The monoisotopic (exact) mass is 331 g/mol. The highest BCUT2D eigenvalue weighted by Gasteiger charge is 2.07. The summed E-state index contributed by atoms with van der Waals surface area (Å²) in [6.45, 7) is 1.06. The number of ether oxygens (including phenoxy) is 2. The maximum atomic E-state index is 12.3. The van der Waals surface area contributed by atoms with Gasteiger partial charge in [0, 0.05) is 25.3 Å². The van der Waals surface area contributed by atoms with E-state index in [9.17, 15) is 8.78 Å². The highest BCUT2D eigenvalue weighted by molar-refractivity contribution is 7.80. The molecule has 0 bridgehead atoms. The van der Waals surface area contributed by atoms with E-state index in [1.165, 1.54) is 12.3 Å². The third kappa shape index (κ3) is 7.84. The second-order valence-electron chi connectivity index (χ2n) is 4.09. The van der Waals surface area contributed by atoms with Gasteiger partial charge in [-0.15, -0.1) is 0 Å². The SMILES string of the molecule is CCOCCCNC(=S)N/N=C\c1ccccc1OC(F)F. The Morgan fingerprint density at radius 2 is 2.18 bits per heavy atom. The van der Waals surface area contributed by atoms with E-state index in [0.717, 1.165) is 6.42 Å². The smallest absolute Gasteiger partial charge is 0.387 e. The van der Waals surface area contributed by atoms with E-state index in [0.29, 0.717) is 30.4 Å². The van der Waals surface area contributed by atoms with Crippen LogP contribution in [-0.2, 0) is 4.74 Å². The first-order valence-corrected chi connectivity index (χ1v) is 7.22. The van der Waals surface area contributed by atoms with Gasteiger partial charge in [-0.1, -0.05) is 12.1 Å². The van der Waals surface area contributed by atoms with Gasteiger partial charge >= 0.3 is 6.61 Å². The van der Waals surface area contributed by atoms with E-state index in [1.807, 2.05) is 6.92 Å². The van der Waals surface area contributed by atoms with Crippen molar-refractivity contribution in [2.24, 2.45) is 5.10 Å². The molecule has 2 N–H and O–H groups in total. The summed E-state index contributed by atoms with van der Waals surface area (Å²) in [5.74, 6) is 0.0543. The lowest BCUT2D eigenvalue weighted by molar-refractivity contribution is -0.0499. The summed E-state index contributed by atoms with van der Waals surface area (Å²) in [6, 6.07) is 6.36. The van der Waals surface area contributed by atoms with E-state index in [2.05, 4.69) is 20.6 Å². The third-order valence-corrected chi connectivity index (χ3v) is 2.70. The molecule has 0 amide bonds. The number of thiocarbonyl (C=S) groups is 1. The first-order valence-electron chi connectivity index (χ1n) is 6.82. The Hall–Kier alpha value is -1.80. The van der Waals surface area contributed by atoms with E-state index >= 15 is 0 Å². The van der Waals surface area contributed by atoms with Crippen molar-refractivity contribution in [2.45, 2.75) is 20.0 Å². The fourth-order valence-corrected chi connectivity index (χ4v) is 1.67. The number of para-hydroxylation sites is 1. The van der Waals surface area contributed by atoms with E-state index in [4.69, 9.17) is 17.0 Å². The van der Waals surface area contributed by atoms with Crippen LogP contribution < -0.4 is 15.5 Å². The van der Waals surface area contributed by atoms with Gasteiger partial charge in [0.1, 0.15) is 5.75 Å². The Labute approximate surface area is 133 Å². The van der Waals surface area contributed by atoms with Crippen LogP contribution in [0.1, 0.15) is 18.9 Å². The van der Waals surface area contributed by atoms with Gasteiger partial charge in [-0.2, -0.15) is 13.9 Å². The van der Waals surface area contributed by atoms with Crippen LogP contribution in [0.25, 0.3) is 0 Å². The molecular formula is C14H19F2N3O2S. The molecule has 0 fully saturated rings. The molecule has 0 aliphatic carbocycles. The van der Waals surface area contributed by atoms with Crippen LogP contribution in [-0.4, -0.2) is 37.7 Å². The van der Waals surface area contributed by atoms with Gasteiger partial charge in [-0.05, 0) is 37.7 Å². The number of halogens is 2. The average Bonchev–Trinajstić information content (AvgIpc) is 2.48. The van der Waals surface area contributed by atoms with Crippen LogP contribution >= 0.6 is 12.2 Å². The molecule has 5 nitrogen and oxygen atoms in total. The molecule has 8 heteroatoms. The molecule has 0 spiro atoms. The highest BCUT2D eigenvalue weighted by atomic mass is 32.1. The molecule has 0 saturated heterocycles. The summed E-state index contributed by atoms with van der Waals surface area (Å²) in [5, 5.41) is 7.19. The molecule has 0 heterocycles. The van der Waals surface area contributed by atoms with E-state index < -0.39 is 6.61 Å². The molecule has 0 aliphatic rings. The summed E-state index contributed by atoms with van der Waals surface area (Å²) >= 11 is 5.02. The van der Waals surface area contributed by atoms with Gasteiger partial charge in [0.25, 0.3) is 0 Å².